The van der Waals surface area contributed by atoms with Gasteiger partial charge in [0.2, 0.25) is 0 Å². The van der Waals surface area contributed by atoms with Crippen LogP contribution in [0.4, 0.5) is 5.69 Å². The van der Waals surface area contributed by atoms with Gasteiger partial charge in [-0.15, -0.1) is 0 Å². The first kappa shape index (κ1) is 15.5. The van der Waals surface area contributed by atoms with E-state index in [1.807, 2.05) is 0 Å². The van der Waals surface area contributed by atoms with Crippen molar-refractivity contribution in [2.45, 2.75) is 36.3 Å². The molecule has 10 heteroatoms. The van der Waals surface area contributed by atoms with Crippen LogP contribution in [0.2, 0.25) is 0 Å². The summed E-state index contributed by atoms with van der Waals surface area (Å²) >= 11 is 0. The third-order valence-corrected chi connectivity index (χ3v) is 4.58. The Hall–Kier alpha value is -1.84. The van der Waals surface area contributed by atoms with Crippen LogP contribution in [0.25, 0.3) is 10.4 Å². The lowest BCUT2D eigenvalue weighted by molar-refractivity contribution is 0.199. The van der Waals surface area contributed by atoms with Crippen molar-refractivity contribution in [3.05, 3.63) is 39.9 Å². The summed E-state index contributed by atoms with van der Waals surface area (Å²) in [7, 11) is -4.00. The lowest BCUT2D eigenvalue weighted by Crippen LogP contribution is -2.24. The first-order chi connectivity index (χ1) is 9.94. The van der Waals surface area contributed by atoms with Crippen LogP contribution in [0.1, 0.15) is 19.3 Å². The van der Waals surface area contributed by atoms with Gasteiger partial charge in [0.15, 0.2) is 0 Å². The number of benzene rings is 1. The maximum absolute atomic E-state index is 12.1. The molecule has 21 heavy (non-hydrogen) atoms. The predicted octanol–water partition coefficient (Wildman–Crippen LogP) is 1.57. The second-order valence-electron chi connectivity index (χ2n) is 4.58. The van der Waals surface area contributed by atoms with E-state index in [2.05, 4.69) is 10.0 Å². The second-order valence-corrected chi connectivity index (χ2v) is 6.15. The van der Waals surface area contributed by atoms with E-state index in [0.29, 0.717) is 12.8 Å². The molecule has 1 aromatic carbocycles. The van der Waals surface area contributed by atoms with Crippen molar-refractivity contribution in [2.75, 3.05) is 5.23 Å². The van der Waals surface area contributed by atoms with Crippen LogP contribution in [0, 0.1) is 5.21 Å². The van der Waals surface area contributed by atoms with E-state index >= 15 is 0 Å². The summed E-state index contributed by atoms with van der Waals surface area (Å²) in [5, 5.41) is 21.0. The van der Waals surface area contributed by atoms with E-state index in [0.717, 1.165) is 6.42 Å². The van der Waals surface area contributed by atoms with Crippen LogP contribution >= 0.6 is 0 Å². The molecule has 1 aliphatic rings. The standard InChI is InChI=1S/C11H13N4O5S/c12-14-13-10-2-1-3-11(10)20-21(18,19)9-6-4-8(5-7-9)15(16)17/h4-7,10-11,16H,1-3H2/q-1/p+1/t10-,11-/m1/s1. The Labute approximate surface area is 121 Å². The van der Waals surface area contributed by atoms with E-state index in [-0.39, 0.29) is 15.8 Å². The summed E-state index contributed by atoms with van der Waals surface area (Å²) in [6.45, 7) is 0. The summed E-state index contributed by atoms with van der Waals surface area (Å²) < 4.78 is 29.4. The molecule has 0 unspecified atom stereocenters. The number of nitrogens with zero attached hydrogens (tertiary/aromatic N) is 4. The summed E-state index contributed by atoms with van der Waals surface area (Å²) in [6, 6.07) is 4.34. The first-order valence-electron chi connectivity index (χ1n) is 6.20. The molecule has 9 nitrogen and oxygen atoms in total. The zero-order chi connectivity index (χ0) is 15.5. The van der Waals surface area contributed by atoms with Crippen LogP contribution < -0.4 is 5.23 Å². The molecule has 0 bridgehead atoms. The monoisotopic (exact) mass is 314 g/mol. The molecule has 0 spiro atoms. The van der Waals surface area contributed by atoms with Crippen molar-refractivity contribution in [2.24, 2.45) is 5.11 Å². The molecule has 2 atom stereocenters. The molecule has 0 aliphatic heterocycles. The molecular weight excluding hydrogens is 300 g/mol. The number of anilines is 1. The third kappa shape index (κ3) is 3.63. The minimum Gasteiger partial charge on any atom is -0.694 e. The topological polar surface area (TPSA) is 141 Å². The quantitative estimate of drug-likeness (QED) is 0.202. The molecule has 1 aromatic rings. The number of hydrogen-bond acceptors (Lipinski definition) is 6. The number of rotatable bonds is 5. The minimum atomic E-state index is -4.00. The summed E-state index contributed by atoms with van der Waals surface area (Å²) in [4.78, 5) is 2.58. The van der Waals surface area contributed by atoms with E-state index in [1.54, 1.807) is 0 Å². The molecule has 2 rings (SSSR count). The largest absolute Gasteiger partial charge is 0.694 e. The van der Waals surface area contributed by atoms with Gasteiger partial charge in [-0.1, -0.05) is 11.5 Å². The molecule has 2 N–H and O–H groups in total. The van der Waals surface area contributed by atoms with Gasteiger partial charge in [-0.05, 0) is 42.6 Å². The number of azide groups is 1. The Kier molecular flexibility index (Phi) is 4.66. The Balaban J connectivity index is 2.16. The summed E-state index contributed by atoms with van der Waals surface area (Å²) in [6.07, 6.45) is 1.15. The molecule has 1 aliphatic carbocycles. The fraction of sp³-hybridized carbons (Fsp3) is 0.455. The maximum atomic E-state index is 12.1. The summed E-state index contributed by atoms with van der Waals surface area (Å²) in [5.74, 6) is 0. The van der Waals surface area contributed by atoms with Crippen molar-refractivity contribution in [3.63, 3.8) is 0 Å². The highest BCUT2D eigenvalue weighted by Crippen LogP contribution is 2.28. The molecule has 0 aromatic heterocycles. The second kappa shape index (κ2) is 6.29. The Morgan fingerprint density at radius 2 is 2.05 bits per heavy atom. The average molecular weight is 314 g/mol. The van der Waals surface area contributed by atoms with Crippen molar-refractivity contribution in [1.29, 1.82) is 0 Å². The van der Waals surface area contributed by atoms with E-state index in [9.17, 15) is 13.6 Å². The Bertz CT molecular complexity index is 639. The normalized spacial score (nSPS) is 21.8. The number of hydrogen-bond donors (Lipinski definition) is 0. The van der Waals surface area contributed by atoms with Crippen LogP contribution in [-0.4, -0.2) is 25.8 Å². The van der Waals surface area contributed by atoms with Gasteiger partial charge in [0, 0.05) is 4.91 Å². The maximum Gasteiger partial charge on any atom is 0.297 e. The van der Waals surface area contributed by atoms with Crippen molar-refractivity contribution in [3.8, 4) is 0 Å². The smallest absolute Gasteiger partial charge is 0.297 e. The van der Waals surface area contributed by atoms with Gasteiger partial charge in [0.05, 0.1) is 22.7 Å². The van der Waals surface area contributed by atoms with Crippen LogP contribution in [-0.2, 0) is 14.3 Å². The van der Waals surface area contributed by atoms with Gasteiger partial charge >= 0.3 is 0 Å². The molecule has 1 saturated carbocycles. The molecule has 0 radical (unpaired) electrons. The van der Waals surface area contributed by atoms with Crippen molar-refractivity contribution < 1.29 is 17.8 Å². The molecule has 0 amide bonds. The van der Waals surface area contributed by atoms with Gasteiger partial charge in [-0.3, -0.25) is 4.18 Å². The predicted molar refractivity (Wildman–Crippen MR) is 74.7 cm³/mol. The van der Waals surface area contributed by atoms with Crippen LogP contribution in [0.3, 0.4) is 0 Å². The molecule has 0 heterocycles. The Morgan fingerprint density at radius 1 is 1.38 bits per heavy atom. The Morgan fingerprint density at radius 3 is 2.62 bits per heavy atom. The lowest BCUT2D eigenvalue weighted by atomic mass is 10.2. The van der Waals surface area contributed by atoms with Gasteiger partial charge in [-0.2, -0.15) is 13.6 Å². The lowest BCUT2D eigenvalue weighted by Gasteiger charge is -2.17. The van der Waals surface area contributed by atoms with Crippen molar-refractivity contribution >= 4 is 15.8 Å². The minimum absolute atomic E-state index is 0.0155. The zero-order valence-electron chi connectivity index (χ0n) is 10.9. The highest BCUT2D eigenvalue weighted by atomic mass is 32.2. The zero-order valence-corrected chi connectivity index (χ0v) is 11.7. The van der Waals surface area contributed by atoms with Crippen molar-refractivity contribution in [1.82, 2.24) is 0 Å². The van der Waals surface area contributed by atoms with E-state index in [1.165, 1.54) is 24.3 Å². The van der Waals surface area contributed by atoms with Crippen LogP contribution in [0.15, 0.2) is 34.3 Å². The van der Waals surface area contributed by atoms with Gasteiger partial charge in [-0.25, -0.2) is 0 Å². The summed E-state index contributed by atoms with van der Waals surface area (Å²) in [5.41, 5.74) is 8.46. The molecule has 114 valence electrons. The highest BCUT2D eigenvalue weighted by Gasteiger charge is 2.32. The van der Waals surface area contributed by atoms with Crippen LogP contribution in [0.5, 0.6) is 0 Å². The highest BCUT2D eigenvalue weighted by molar-refractivity contribution is 7.86. The van der Waals surface area contributed by atoms with Gasteiger partial charge in [0.25, 0.3) is 10.1 Å². The molecular formula is C11H14N4O5S. The SMILES string of the molecule is [N-]=[N+]=N[C@@H]1CCC[C@H]1OS(=O)(=O)c1ccc(N([O-])[OH2+])cc1. The van der Waals surface area contributed by atoms with Gasteiger partial charge < -0.3 is 10.4 Å². The molecule has 0 saturated heterocycles. The average Bonchev–Trinajstić information content (AvgIpc) is 2.86. The van der Waals surface area contributed by atoms with E-state index in [4.69, 9.17) is 14.9 Å². The van der Waals surface area contributed by atoms with E-state index < -0.39 is 22.3 Å². The molecule has 1 fully saturated rings. The van der Waals surface area contributed by atoms with Gasteiger partial charge in [0.1, 0.15) is 0 Å². The fourth-order valence-corrected chi connectivity index (χ4v) is 3.31. The first-order valence-corrected chi connectivity index (χ1v) is 7.61. The fourth-order valence-electron chi connectivity index (χ4n) is 2.18. The third-order valence-electron chi connectivity index (χ3n) is 3.23.